The van der Waals surface area contributed by atoms with E-state index in [-0.39, 0.29) is 24.0 Å². The van der Waals surface area contributed by atoms with Gasteiger partial charge in [-0.1, -0.05) is 6.42 Å². The highest BCUT2D eigenvalue weighted by Crippen LogP contribution is 2.07. The molecule has 0 aromatic heterocycles. The molecule has 1 rings (SSSR count). The van der Waals surface area contributed by atoms with Crippen LogP contribution < -0.4 is 0 Å². The van der Waals surface area contributed by atoms with Crippen LogP contribution in [0.1, 0.15) is 19.3 Å². The van der Waals surface area contributed by atoms with Crippen molar-refractivity contribution in [3.8, 4) is 0 Å². The largest absolute Gasteiger partial charge is 0.349 e. The fourth-order valence-corrected chi connectivity index (χ4v) is 2.16. The van der Waals surface area contributed by atoms with Crippen molar-refractivity contribution in [3.05, 3.63) is 0 Å². The minimum atomic E-state index is 0. The van der Waals surface area contributed by atoms with Gasteiger partial charge >= 0.3 is 0 Å². The number of likely N-dealkylation sites (tertiary alicyclic amines) is 1. The number of aliphatic imine (C=N–C) groups is 1. The normalized spacial score (nSPS) is 16.0. The van der Waals surface area contributed by atoms with Crippen molar-refractivity contribution in [2.45, 2.75) is 19.3 Å². The number of guanidine groups is 1. The number of halogens is 1. The zero-order chi connectivity index (χ0) is 12.0. The second-order valence-corrected chi connectivity index (χ2v) is 4.87. The van der Waals surface area contributed by atoms with Gasteiger partial charge in [0.15, 0.2) is 5.96 Å². The predicted molar refractivity (Wildman–Crippen MR) is 85.4 cm³/mol. The van der Waals surface area contributed by atoms with E-state index in [2.05, 4.69) is 19.7 Å². The van der Waals surface area contributed by atoms with Gasteiger partial charge in [0.25, 0.3) is 0 Å². The minimum absolute atomic E-state index is 0. The smallest absolute Gasteiger partial charge is 0.195 e. The summed E-state index contributed by atoms with van der Waals surface area (Å²) < 4.78 is 0. The number of piperidine rings is 1. The quantitative estimate of drug-likeness (QED) is 0.436. The Bertz CT molecular complexity index is 213. The molecule has 4 nitrogen and oxygen atoms in total. The van der Waals surface area contributed by atoms with Crippen molar-refractivity contribution in [1.82, 2.24) is 14.7 Å². The van der Waals surface area contributed by atoms with Crippen LogP contribution in [0.3, 0.4) is 0 Å². The first-order chi connectivity index (χ1) is 7.61. The molecule has 0 amide bonds. The summed E-state index contributed by atoms with van der Waals surface area (Å²) in [6.07, 6.45) is 4.12. The van der Waals surface area contributed by atoms with Crippen molar-refractivity contribution in [2.24, 2.45) is 4.99 Å². The van der Waals surface area contributed by atoms with E-state index in [1.54, 1.807) is 0 Å². The van der Waals surface area contributed by atoms with Gasteiger partial charge in [-0.3, -0.25) is 4.99 Å². The fourth-order valence-electron chi connectivity index (χ4n) is 2.16. The molecule has 0 bridgehead atoms. The minimum Gasteiger partial charge on any atom is -0.349 e. The maximum atomic E-state index is 4.64. The third kappa shape index (κ3) is 6.45. The lowest BCUT2D eigenvalue weighted by atomic mass is 10.1. The number of nitrogens with zero attached hydrogens (tertiary/aromatic N) is 4. The van der Waals surface area contributed by atoms with Gasteiger partial charge in [-0.15, -0.1) is 24.0 Å². The Hall–Kier alpha value is -0.0400. The highest BCUT2D eigenvalue weighted by Gasteiger charge is 2.09. The van der Waals surface area contributed by atoms with Gasteiger partial charge < -0.3 is 14.7 Å². The first-order valence-corrected chi connectivity index (χ1v) is 6.22. The zero-order valence-corrected chi connectivity index (χ0v) is 14.0. The number of hydrogen-bond donors (Lipinski definition) is 0. The highest BCUT2D eigenvalue weighted by molar-refractivity contribution is 14.0. The first kappa shape index (κ1) is 17.0. The van der Waals surface area contributed by atoms with Crippen LogP contribution >= 0.6 is 24.0 Å². The number of hydrogen-bond acceptors (Lipinski definition) is 2. The van der Waals surface area contributed by atoms with E-state index < -0.39 is 0 Å². The Balaban J connectivity index is 0.00000256. The maximum absolute atomic E-state index is 4.64. The summed E-state index contributed by atoms with van der Waals surface area (Å²) in [6, 6.07) is 0. The molecule has 0 spiro atoms. The Kier molecular flexibility index (Phi) is 8.94. The standard InChI is InChI=1S/C12H26N4.HI/c1-14(2)12(15(3)4)13-8-11-16-9-6-5-7-10-16;/h5-11H2,1-4H3;1H. The van der Waals surface area contributed by atoms with Crippen LogP contribution in [0.2, 0.25) is 0 Å². The molecule has 1 fully saturated rings. The van der Waals surface area contributed by atoms with Crippen LogP contribution in [0.25, 0.3) is 0 Å². The summed E-state index contributed by atoms with van der Waals surface area (Å²) in [4.78, 5) is 11.3. The number of rotatable bonds is 3. The molecule has 0 saturated carbocycles. The average Bonchev–Trinajstić information content (AvgIpc) is 2.24. The molecule has 17 heavy (non-hydrogen) atoms. The van der Waals surface area contributed by atoms with Gasteiger partial charge in [0, 0.05) is 34.7 Å². The molecular formula is C12H27IN4. The second kappa shape index (κ2) is 8.97. The molecule has 0 unspecified atom stereocenters. The molecule has 5 heteroatoms. The van der Waals surface area contributed by atoms with Gasteiger partial charge in [-0.2, -0.15) is 0 Å². The van der Waals surface area contributed by atoms with Crippen LogP contribution in [0.4, 0.5) is 0 Å². The highest BCUT2D eigenvalue weighted by atomic mass is 127. The molecule has 0 atom stereocenters. The van der Waals surface area contributed by atoms with Crippen molar-refractivity contribution in [3.63, 3.8) is 0 Å². The van der Waals surface area contributed by atoms with Crippen LogP contribution in [-0.4, -0.2) is 75.0 Å². The van der Waals surface area contributed by atoms with E-state index in [0.717, 1.165) is 19.0 Å². The average molecular weight is 354 g/mol. The van der Waals surface area contributed by atoms with Crippen molar-refractivity contribution in [2.75, 3.05) is 54.4 Å². The van der Waals surface area contributed by atoms with Crippen molar-refractivity contribution >= 4 is 29.9 Å². The SMILES string of the molecule is CN(C)C(=NCCN1CCCCC1)N(C)C.I. The molecule has 1 aliphatic rings. The van der Waals surface area contributed by atoms with Crippen LogP contribution in [-0.2, 0) is 0 Å². The van der Waals surface area contributed by atoms with Crippen molar-refractivity contribution in [1.29, 1.82) is 0 Å². The van der Waals surface area contributed by atoms with E-state index in [0.29, 0.717) is 0 Å². The van der Waals surface area contributed by atoms with Gasteiger partial charge in [-0.05, 0) is 25.9 Å². The van der Waals surface area contributed by atoms with E-state index in [9.17, 15) is 0 Å². The third-order valence-electron chi connectivity index (χ3n) is 2.92. The van der Waals surface area contributed by atoms with Gasteiger partial charge in [0.05, 0.1) is 6.54 Å². The molecular weight excluding hydrogens is 327 g/mol. The van der Waals surface area contributed by atoms with Crippen LogP contribution in [0.5, 0.6) is 0 Å². The van der Waals surface area contributed by atoms with Gasteiger partial charge in [0.2, 0.25) is 0 Å². The van der Waals surface area contributed by atoms with E-state index in [1.807, 2.05) is 28.2 Å². The topological polar surface area (TPSA) is 22.1 Å². The van der Waals surface area contributed by atoms with E-state index in [4.69, 9.17) is 0 Å². The zero-order valence-electron chi connectivity index (χ0n) is 11.6. The molecule has 0 radical (unpaired) electrons. The molecule has 0 aromatic carbocycles. The first-order valence-electron chi connectivity index (χ1n) is 6.22. The maximum Gasteiger partial charge on any atom is 0.195 e. The lowest BCUT2D eigenvalue weighted by Gasteiger charge is -2.26. The molecule has 0 aromatic rings. The summed E-state index contributed by atoms with van der Waals surface area (Å²) in [5.74, 6) is 1.05. The van der Waals surface area contributed by atoms with Crippen molar-refractivity contribution < 1.29 is 0 Å². The van der Waals surface area contributed by atoms with E-state index in [1.165, 1.54) is 32.4 Å². The van der Waals surface area contributed by atoms with Crippen LogP contribution in [0, 0.1) is 0 Å². The lowest BCUT2D eigenvalue weighted by Crippen LogP contribution is -2.37. The Morgan fingerprint density at radius 3 is 2.00 bits per heavy atom. The summed E-state index contributed by atoms with van der Waals surface area (Å²) in [5, 5.41) is 0. The Morgan fingerprint density at radius 2 is 1.53 bits per heavy atom. The summed E-state index contributed by atoms with van der Waals surface area (Å²) in [6.45, 7) is 4.53. The third-order valence-corrected chi connectivity index (χ3v) is 2.92. The monoisotopic (exact) mass is 354 g/mol. The predicted octanol–water partition coefficient (Wildman–Crippen LogP) is 1.57. The van der Waals surface area contributed by atoms with Crippen LogP contribution in [0.15, 0.2) is 4.99 Å². The molecule has 0 N–H and O–H groups in total. The second-order valence-electron chi connectivity index (χ2n) is 4.87. The molecule has 1 saturated heterocycles. The molecule has 1 aliphatic heterocycles. The Morgan fingerprint density at radius 1 is 1.00 bits per heavy atom. The summed E-state index contributed by atoms with van der Waals surface area (Å²) in [7, 11) is 8.17. The fraction of sp³-hybridized carbons (Fsp3) is 0.917. The lowest BCUT2D eigenvalue weighted by molar-refractivity contribution is 0.234. The van der Waals surface area contributed by atoms with E-state index >= 15 is 0 Å². The molecule has 1 heterocycles. The summed E-state index contributed by atoms with van der Waals surface area (Å²) in [5.41, 5.74) is 0. The van der Waals surface area contributed by atoms with Gasteiger partial charge in [-0.25, -0.2) is 0 Å². The summed E-state index contributed by atoms with van der Waals surface area (Å²) >= 11 is 0. The molecule has 0 aliphatic carbocycles. The van der Waals surface area contributed by atoms with Gasteiger partial charge in [0.1, 0.15) is 0 Å². The molecule has 102 valence electrons. The Labute approximate surface area is 123 Å².